The van der Waals surface area contributed by atoms with Crippen LogP contribution in [0.1, 0.15) is 5.56 Å². The fourth-order valence-corrected chi connectivity index (χ4v) is 2.14. The van der Waals surface area contributed by atoms with Crippen LogP contribution in [0.5, 0.6) is 0 Å². The Morgan fingerprint density at radius 2 is 2.09 bits per heavy atom. The molecule has 0 aliphatic rings. The average Bonchev–Trinajstić information content (AvgIpc) is 3.25. The number of furan rings is 1. The second-order valence-corrected chi connectivity index (χ2v) is 5.00. The lowest BCUT2D eigenvalue weighted by molar-refractivity contribution is -0.116. The normalized spacial score (nSPS) is 11.0. The standard InChI is InChI=1S/C18H17N3O2/c22-18(9-8-15-5-2-1-3-6-15)19-10-11-21-14-16(13-20-21)17-7-4-12-23-17/h1-9,12-14H,10-11H2,(H,19,22)/b9-8+. The second kappa shape index (κ2) is 7.26. The maximum absolute atomic E-state index is 11.8. The molecular weight excluding hydrogens is 290 g/mol. The number of amides is 1. The minimum atomic E-state index is -0.118. The molecule has 2 heterocycles. The lowest BCUT2D eigenvalue weighted by Gasteiger charge is -2.02. The maximum atomic E-state index is 11.8. The number of nitrogens with one attached hydrogen (secondary N) is 1. The Balaban J connectivity index is 1.46. The summed E-state index contributed by atoms with van der Waals surface area (Å²) in [7, 11) is 0. The zero-order valence-electron chi connectivity index (χ0n) is 12.6. The molecule has 1 aromatic carbocycles. The minimum absolute atomic E-state index is 0.118. The van der Waals surface area contributed by atoms with E-state index in [0.29, 0.717) is 13.1 Å². The van der Waals surface area contributed by atoms with Gasteiger partial charge in [0, 0.05) is 18.8 Å². The smallest absolute Gasteiger partial charge is 0.244 e. The molecule has 0 saturated carbocycles. The molecule has 0 saturated heterocycles. The maximum Gasteiger partial charge on any atom is 0.244 e. The van der Waals surface area contributed by atoms with Crippen LogP contribution in [-0.4, -0.2) is 22.2 Å². The van der Waals surface area contributed by atoms with Gasteiger partial charge in [0.05, 0.1) is 24.6 Å². The molecule has 5 nitrogen and oxygen atoms in total. The van der Waals surface area contributed by atoms with Gasteiger partial charge in [-0.3, -0.25) is 9.48 Å². The largest absolute Gasteiger partial charge is 0.464 e. The first-order valence-electron chi connectivity index (χ1n) is 7.38. The molecule has 23 heavy (non-hydrogen) atoms. The fourth-order valence-electron chi connectivity index (χ4n) is 2.14. The molecule has 0 aliphatic carbocycles. The first-order valence-corrected chi connectivity index (χ1v) is 7.38. The highest BCUT2D eigenvalue weighted by molar-refractivity contribution is 5.91. The van der Waals surface area contributed by atoms with Gasteiger partial charge >= 0.3 is 0 Å². The van der Waals surface area contributed by atoms with Gasteiger partial charge in [0.25, 0.3) is 0 Å². The lowest BCUT2D eigenvalue weighted by Crippen LogP contribution is -2.25. The topological polar surface area (TPSA) is 60.1 Å². The number of aromatic nitrogens is 2. The molecule has 116 valence electrons. The van der Waals surface area contributed by atoms with E-state index in [0.717, 1.165) is 16.9 Å². The van der Waals surface area contributed by atoms with Crippen LogP contribution in [0.15, 0.2) is 71.6 Å². The van der Waals surface area contributed by atoms with Crippen molar-refractivity contribution in [3.05, 3.63) is 72.8 Å². The van der Waals surface area contributed by atoms with Crippen molar-refractivity contribution in [2.45, 2.75) is 6.54 Å². The Kier molecular flexibility index (Phi) is 4.69. The van der Waals surface area contributed by atoms with Crippen LogP contribution >= 0.6 is 0 Å². The van der Waals surface area contributed by atoms with Gasteiger partial charge in [-0.05, 0) is 23.8 Å². The van der Waals surface area contributed by atoms with Gasteiger partial charge in [0.15, 0.2) is 0 Å². The zero-order chi connectivity index (χ0) is 15.9. The SMILES string of the molecule is O=C(/C=C/c1ccccc1)NCCn1cc(-c2ccco2)cn1. The minimum Gasteiger partial charge on any atom is -0.464 e. The van der Waals surface area contributed by atoms with Crippen LogP contribution < -0.4 is 5.32 Å². The molecule has 5 heteroatoms. The molecule has 0 radical (unpaired) electrons. The third-order valence-electron chi connectivity index (χ3n) is 3.31. The van der Waals surface area contributed by atoms with Crippen LogP contribution in [0.2, 0.25) is 0 Å². The summed E-state index contributed by atoms with van der Waals surface area (Å²) in [6.07, 6.45) is 8.59. The van der Waals surface area contributed by atoms with Crippen molar-refractivity contribution in [1.82, 2.24) is 15.1 Å². The summed E-state index contributed by atoms with van der Waals surface area (Å²) < 4.78 is 7.09. The third kappa shape index (κ3) is 4.20. The first kappa shape index (κ1) is 14.8. The Morgan fingerprint density at radius 1 is 1.22 bits per heavy atom. The number of benzene rings is 1. The van der Waals surface area contributed by atoms with E-state index in [1.807, 2.05) is 48.7 Å². The molecule has 3 aromatic rings. The highest BCUT2D eigenvalue weighted by atomic mass is 16.3. The Bertz CT molecular complexity index is 774. The highest BCUT2D eigenvalue weighted by Gasteiger charge is 2.04. The molecular formula is C18H17N3O2. The summed E-state index contributed by atoms with van der Waals surface area (Å²) in [6, 6.07) is 13.4. The molecule has 0 unspecified atom stereocenters. The summed E-state index contributed by atoms with van der Waals surface area (Å²) in [5.41, 5.74) is 1.92. The van der Waals surface area contributed by atoms with Gasteiger partial charge in [-0.2, -0.15) is 5.10 Å². The Morgan fingerprint density at radius 3 is 2.87 bits per heavy atom. The van der Waals surface area contributed by atoms with Crippen molar-refractivity contribution in [2.75, 3.05) is 6.54 Å². The number of carbonyl (C=O) groups is 1. The predicted molar refractivity (Wildman–Crippen MR) is 88.4 cm³/mol. The zero-order valence-corrected chi connectivity index (χ0v) is 12.6. The highest BCUT2D eigenvalue weighted by Crippen LogP contribution is 2.18. The van der Waals surface area contributed by atoms with Crippen molar-refractivity contribution in [2.24, 2.45) is 0 Å². The van der Waals surface area contributed by atoms with Crippen molar-refractivity contribution >= 4 is 12.0 Å². The number of hydrogen-bond acceptors (Lipinski definition) is 3. The molecule has 0 aliphatic heterocycles. The number of rotatable bonds is 6. The van der Waals surface area contributed by atoms with Crippen molar-refractivity contribution < 1.29 is 9.21 Å². The molecule has 0 bridgehead atoms. The number of nitrogens with zero attached hydrogens (tertiary/aromatic N) is 2. The molecule has 0 spiro atoms. The van der Waals surface area contributed by atoms with E-state index in [1.165, 1.54) is 6.08 Å². The van der Waals surface area contributed by atoms with Crippen LogP contribution in [0.4, 0.5) is 0 Å². The quantitative estimate of drug-likeness (QED) is 0.712. The second-order valence-electron chi connectivity index (χ2n) is 5.00. The van der Waals surface area contributed by atoms with Crippen LogP contribution in [-0.2, 0) is 11.3 Å². The van der Waals surface area contributed by atoms with E-state index in [4.69, 9.17) is 4.42 Å². The van der Waals surface area contributed by atoms with Crippen molar-refractivity contribution in [1.29, 1.82) is 0 Å². The van der Waals surface area contributed by atoms with E-state index in [9.17, 15) is 4.79 Å². The van der Waals surface area contributed by atoms with E-state index in [1.54, 1.807) is 23.2 Å². The molecule has 0 fully saturated rings. The Hall–Kier alpha value is -3.08. The molecule has 3 rings (SSSR count). The van der Waals surface area contributed by atoms with Crippen LogP contribution in [0.25, 0.3) is 17.4 Å². The Labute approximate surface area is 134 Å². The van der Waals surface area contributed by atoms with Gasteiger partial charge in [0.1, 0.15) is 5.76 Å². The third-order valence-corrected chi connectivity index (χ3v) is 3.31. The summed E-state index contributed by atoms with van der Waals surface area (Å²) in [6.45, 7) is 1.11. The van der Waals surface area contributed by atoms with E-state index in [-0.39, 0.29) is 5.91 Å². The van der Waals surface area contributed by atoms with Crippen molar-refractivity contribution in [3.63, 3.8) is 0 Å². The first-order chi connectivity index (χ1) is 11.3. The van der Waals surface area contributed by atoms with Gasteiger partial charge in [-0.25, -0.2) is 0 Å². The average molecular weight is 307 g/mol. The van der Waals surface area contributed by atoms with Crippen LogP contribution in [0, 0.1) is 0 Å². The molecule has 0 atom stereocenters. The van der Waals surface area contributed by atoms with Gasteiger partial charge < -0.3 is 9.73 Å². The molecule has 1 N–H and O–H groups in total. The van der Waals surface area contributed by atoms with E-state index in [2.05, 4.69) is 10.4 Å². The van der Waals surface area contributed by atoms with Crippen LogP contribution in [0.3, 0.4) is 0 Å². The fraction of sp³-hybridized carbons (Fsp3) is 0.111. The predicted octanol–water partition coefficient (Wildman–Crippen LogP) is 2.97. The summed E-state index contributed by atoms with van der Waals surface area (Å²) in [5, 5.41) is 7.09. The monoisotopic (exact) mass is 307 g/mol. The molecule has 1 amide bonds. The summed E-state index contributed by atoms with van der Waals surface area (Å²) in [4.78, 5) is 11.8. The lowest BCUT2D eigenvalue weighted by atomic mass is 10.2. The van der Waals surface area contributed by atoms with Gasteiger partial charge in [-0.1, -0.05) is 30.3 Å². The molecule has 2 aromatic heterocycles. The summed E-state index contributed by atoms with van der Waals surface area (Å²) >= 11 is 0. The number of carbonyl (C=O) groups excluding carboxylic acids is 1. The van der Waals surface area contributed by atoms with E-state index >= 15 is 0 Å². The van der Waals surface area contributed by atoms with Crippen molar-refractivity contribution in [3.8, 4) is 11.3 Å². The van der Waals surface area contributed by atoms with Gasteiger partial charge in [-0.15, -0.1) is 0 Å². The summed E-state index contributed by atoms with van der Waals surface area (Å²) in [5.74, 6) is 0.665. The number of hydrogen-bond donors (Lipinski definition) is 1. The van der Waals surface area contributed by atoms with E-state index < -0.39 is 0 Å². The van der Waals surface area contributed by atoms with Gasteiger partial charge in [0.2, 0.25) is 5.91 Å².